The van der Waals surface area contributed by atoms with Gasteiger partial charge in [0.1, 0.15) is 5.76 Å². The van der Waals surface area contributed by atoms with E-state index in [1.54, 1.807) is 12.3 Å². The molecule has 6 heteroatoms. The molecule has 0 unspecified atom stereocenters. The van der Waals surface area contributed by atoms with Crippen LogP contribution in [0.15, 0.2) is 34.9 Å². The second-order valence-corrected chi connectivity index (χ2v) is 8.18. The first-order valence-electron chi connectivity index (χ1n) is 7.37. The molecular weight excluding hydrogens is 338 g/mol. The summed E-state index contributed by atoms with van der Waals surface area (Å²) < 4.78 is 6.01. The third-order valence-electron chi connectivity index (χ3n) is 3.86. The van der Waals surface area contributed by atoms with Crippen LogP contribution in [0.3, 0.4) is 0 Å². The minimum atomic E-state index is 0.124. The molecule has 2 aromatic rings. The van der Waals surface area contributed by atoms with E-state index in [0.29, 0.717) is 10.3 Å². The Morgan fingerprint density at radius 1 is 1.36 bits per heavy atom. The standard InChI is InChI=1S/C16H18ClNO2S2/c17-15-4-3-14(22-15)16(19)18-7-5-12(6-8-18)10-21-11-13-2-1-9-20-13/h1-4,9,12H,5-8,10-11H2. The maximum absolute atomic E-state index is 12.3. The molecule has 2 aromatic heterocycles. The molecule has 0 saturated carbocycles. The number of furan rings is 1. The van der Waals surface area contributed by atoms with Gasteiger partial charge in [0, 0.05) is 13.1 Å². The predicted molar refractivity (Wildman–Crippen MR) is 92.8 cm³/mol. The Hall–Kier alpha value is -0.910. The molecule has 3 heterocycles. The number of amides is 1. The number of hydrogen-bond donors (Lipinski definition) is 0. The monoisotopic (exact) mass is 355 g/mol. The summed E-state index contributed by atoms with van der Waals surface area (Å²) in [6.07, 6.45) is 3.88. The normalized spacial score (nSPS) is 16.1. The van der Waals surface area contributed by atoms with Crippen LogP contribution in [-0.4, -0.2) is 29.6 Å². The van der Waals surface area contributed by atoms with Crippen LogP contribution in [0, 0.1) is 5.92 Å². The number of piperidine rings is 1. The van der Waals surface area contributed by atoms with Crippen LogP contribution in [0.1, 0.15) is 28.3 Å². The van der Waals surface area contributed by atoms with Gasteiger partial charge in [0.25, 0.3) is 5.91 Å². The van der Waals surface area contributed by atoms with Crippen molar-refractivity contribution in [3.05, 3.63) is 45.5 Å². The van der Waals surface area contributed by atoms with Gasteiger partial charge in [-0.3, -0.25) is 4.79 Å². The Morgan fingerprint density at radius 3 is 2.82 bits per heavy atom. The average Bonchev–Trinajstić information content (AvgIpc) is 3.19. The zero-order valence-corrected chi connectivity index (χ0v) is 14.6. The minimum Gasteiger partial charge on any atom is -0.468 e. The van der Waals surface area contributed by atoms with Gasteiger partial charge in [-0.25, -0.2) is 0 Å². The van der Waals surface area contributed by atoms with Crippen LogP contribution in [0.25, 0.3) is 0 Å². The van der Waals surface area contributed by atoms with Crippen molar-refractivity contribution in [3.63, 3.8) is 0 Å². The second-order valence-electron chi connectivity index (χ2n) is 5.43. The number of thiophene rings is 1. The lowest BCUT2D eigenvalue weighted by Crippen LogP contribution is -2.38. The van der Waals surface area contributed by atoms with Crippen LogP contribution < -0.4 is 0 Å². The van der Waals surface area contributed by atoms with Gasteiger partial charge < -0.3 is 9.32 Å². The molecule has 1 aliphatic heterocycles. The Balaban J connectivity index is 1.41. The molecule has 0 bridgehead atoms. The van der Waals surface area contributed by atoms with Crippen LogP contribution in [0.2, 0.25) is 4.34 Å². The van der Waals surface area contributed by atoms with Gasteiger partial charge in [-0.15, -0.1) is 11.3 Å². The van der Waals surface area contributed by atoms with Crippen molar-refractivity contribution >= 4 is 40.6 Å². The highest BCUT2D eigenvalue weighted by atomic mass is 35.5. The smallest absolute Gasteiger partial charge is 0.263 e. The van der Waals surface area contributed by atoms with E-state index in [-0.39, 0.29) is 5.91 Å². The number of nitrogens with zero attached hydrogens (tertiary/aromatic N) is 1. The van der Waals surface area contributed by atoms with Crippen molar-refractivity contribution in [1.82, 2.24) is 4.90 Å². The maximum atomic E-state index is 12.3. The summed E-state index contributed by atoms with van der Waals surface area (Å²) in [7, 11) is 0. The van der Waals surface area contributed by atoms with E-state index in [2.05, 4.69) is 0 Å². The van der Waals surface area contributed by atoms with Crippen molar-refractivity contribution in [2.45, 2.75) is 18.6 Å². The Bertz CT molecular complexity index is 603. The number of halogens is 1. The van der Waals surface area contributed by atoms with Crippen LogP contribution in [-0.2, 0) is 5.75 Å². The number of carbonyl (C=O) groups excluding carboxylic acids is 1. The molecule has 1 fully saturated rings. The topological polar surface area (TPSA) is 33.5 Å². The molecule has 0 radical (unpaired) electrons. The van der Waals surface area contributed by atoms with Crippen LogP contribution in [0.4, 0.5) is 0 Å². The minimum absolute atomic E-state index is 0.124. The molecule has 118 valence electrons. The van der Waals surface area contributed by atoms with Gasteiger partial charge in [-0.1, -0.05) is 11.6 Å². The Labute approximate surface area is 143 Å². The molecule has 0 aliphatic carbocycles. The summed E-state index contributed by atoms with van der Waals surface area (Å²) in [6.45, 7) is 1.70. The maximum Gasteiger partial charge on any atom is 0.263 e. The van der Waals surface area contributed by atoms with Gasteiger partial charge in [0.15, 0.2) is 0 Å². The number of thioether (sulfide) groups is 1. The van der Waals surface area contributed by atoms with Gasteiger partial charge in [0.05, 0.1) is 21.2 Å². The molecule has 22 heavy (non-hydrogen) atoms. The molecule has 0 aromatic carbocycles. The lowest BCUT2D eigenvalue weighted by molar-refractivity contribution is 0.0703. The SMILES string of the molecule is O=C(c1ccc(Cl)s1)N1CCC(CSCc2ccco2)CC1. The molecule has 0 N–H and O–H groups in total. The number of carbonyl (C=O) groups is 1. The first-order chi connectivity index (χ1) is 10.7. The fraction of sp³-hybridized carbons (Fsp3) is 0.438. The molecular formula is C16H18ClNO2S2. The van der Waals surface area contributed by atoms with E-state index >= 15 is 0 Å². The molecule has 0 spiro atoms. The summed E-state index contributed by atoms with van der Waals surface area (Å²) in [5, 5.41) is 0. The molecule has 1 aliphatic rings. The Kier molecular flexibility index (Phi) is 5.50. The summed E-state index contributed by atoms with van der Waals surface area (Å²) in [4.78, 5) is 15.0. The third kappa shape index (κ3) is 4.09. The van der Waals surface area contributed by atoms with Crippen molar-refractivity contribution < 1.29 is 9.21 Å². The van der Waals surface area contributed by atoms with E-state index in [1.165, 1.54) is 11.3 Å². The highest BCUT2D eigenvalue weighted by molar-refractivity contribution is 7.98. The van der Waals surface area contributed by atoms with Gasteiger partial charge >= 0.3 is 0 Å². The molecule has 3 rings (SSSR count). The summed E-state index contributed by atoms with van der Waals surface area (Å²) in [6, 6.07) is 7.55. The van der Waals surface area contributed by atoms with E-state index in [4.69, 9.17) is 16.0 Å². The van der Waals surface area contributed by atoms with E-state index < -0.39 is 0 Å². The van der Waals surface area contributed by atoms with Gasteiger partial charge in [-0.2, -0.15) is 11.8 Å². The van der Waals surface area contributed by atoms with Crippen LogP contribution in [0.5, 0.6) is 0 Å². The lowest BCUT2D eigenvalue weighted by Gasteiger charge is -2.31. The van der Waals surface area contributed by atoms with Crippen LogP contribution >= 0.6 is 34.7 Å². The largest absolute Gasteiger partial charge is 0.468 e. The fourth-order valence-electron chi connectivity index (χ4n) is 2.61. The Morgan fingerprint density at radius 2 is 2.18 bits per heavy atom. The molecule has 0 atom stereocenters. The fourth-order valence-corrected chi connectivity index (χ4v) is 4.77. The second kappa shape index (κ2) is 7.57. The summed E-state index contributed by atoms with van der Waals surface area (Å²) in [5.41, 5.74) is 0. The van der Waals surface area contributed by atoms with Gasteiger partial charge in [0.2, 0.25) is 0 Å². The lowest BCUT2D eigenvalue weighted by atomic mass is 9.99. The van der Waals surface area contributed by atoms with Crippen molar-refractivity contribution in [2.24, 2.45) is 5.92 Å². The number of hydrogen-bond acceptors (Lipinski definition) is 4. The van der Waals surface area contributed by atoms with E-state index in [0.717, 1.165) is 48.1 Å². The highest BCUT2D eigenvalue weighted by Gasteiger charge is 2.24. The quantitative estimate of drug-likeness (QED) is 0.773. The first kappa shape index (κ1) is 16.0. The van der Waals surface area contributed by atoms with Crippen molar-refractivity contribution in [2.75, 3.05) is 18.8 Å². The summed E-state index contributed by atoms with van der Waals surface area (Å²) >= 11 is 9.18. The number of rotatable bonds is 5. The van der Waals surface area contributed by atoms with E-state index in [1.807, 2.05) is 34.9 Å². The van der Waals surface area contributed by atoms with Crippen molar-refractivity contribution in [3.8, 4) is 0 Å². The predicted octanol–water partition coefficient (Wildman–Crippen LogP) is 4.78. The first-order valence-corrected chi connectivity index (χ1v) is 9.72. The summed E-state index contributed by atoms with van der Waals surface area (Å²) in [5.74, 6) is 3.91. The van der Waals surface area contributed by atoms with Gasteiger partial charge in [-0.05, 0) is 48.8 Å². The highest BCUT2D eigenvalue weighted by Crippen LogP contribution is 2.27. The average molecular weight is 356 g/mol. The van der Waals surface area contributed by atoms with Crippen molar-refractivity contribution in [1.29, 1.82) is 0 Å². The zero-order valence-electron chi connectivity index (χ0n) is 12.2. The molecule has 1 amide bonds. The molecule has 1 saturated heterocycles. The number of likely N-dealkylation sites (tertiary alicyclic amines) is 1. The zero-order chi connectivity index (χ0) is 15.4. The van der Waals surface area contributed by atoms with E-state index in [9.17, 15) is 4.79 Å². The third-order valence-corrected chi connectivity index (χ3v) is 6.28. The molecule has 3 nitrogen and oxygen atoms in total.